The van der Waals surface area contributed by atoms with Crippen LogP contribution in [0, 0.1) is 0 Å². The number of carbonyl (C=O) groups excluding carboxylic acids is 2. The van der Waals surface area contributed by atoms with Crippen molar-refractivity contribution in [1.82, 2.24) is 20.4 Å². The molecule has 1 heterocycles. The van der Waals surface area contributed by atoms with Crippen LogP contribution < -0.4 is 10.6 Å². The molecule has 1 aromatic heterocycles. The van der Waals surface area contributed by atoms with Gasteiger partial charge >= 0.3 is 0 Å². The molecule has 2 amide bonds. The highest BCUT2D eigenvalue weighted by molar-refractivity contribution is 6.02. The molecular weight excluding hydrogens is 340 g/mol. The predicted molar refractivity (Wildman–Crippen MR) is 105 cm³/mol. The van der Waals surface area contributed by atoms with E-state index in [9.17, 15) is 9.59 Å². The molecule has 138 valence electrons. The van der Waals surface area contributed by atoms with Crippen LogP contribution in [0.3, 0.4) is 0 Å². The summed E-state index contributed by atoms with van der Waals surface area (Å²) >= 11 is 0. The van der Waals surface area contributed by atoms with Crippen molar-refractivity contribution < 1.29 is 9.59 Å². The van der Waals surface area contributed by atoms with Crippen LogP contribution in [0.25, 0.3) is 16.9 Å². The van der Waals surface area contributed by atoms with E-state index in [4.69, 9.17) is 0 Å². The zero-order chi connectivity index (χ0) is 19.2. The van der Waals surface area contributed by atoms with Gasteiger partial charge in [-0.1, -0.05) is 48.5 Å². The monoisotopic (exact) mass is 362 g/mol. The number of carbonyl (C=O) groups is 2. The molecule has 0 aliphatic heterocycles. The first-order valence-electron chi connectivity index (χ1n) is 8.89. The van der Waals surface area contributed by atoms with Crippen LogP contribution in [-0.2, 0) is 4.79 Å². The van der Waals surface area contributed by atoms with E-state index in [1.165, 1.54) is 0 Å². The van der Waals surface area contributed by atoms with Crippen molar-refractivity contribution in [3.63, 3.8) is 0 Å². The molecule has 0 aliphatic rings. The van der Waals surface area contributed by atoms with Crippen LogP contribution in [0.15, 0.2) is 66.9 Å². The van der Waals surface area contributed by atoms with Crippen LogP contribution >= 0.6 is 0 Å². The number of nitrogens with zero attached hydrogens (tertiary/aromatic N) is 2. The van der Waals surface area contributed by atoms with E-state index < -0.39 is 6.04 Å². The van der Waals surface area contributed by atoms with Crippen LogP contribution in [0.5, 0.6) is 0 Å². The van der Waals surface area contributed by atoms with Gasteiger partial charge in [0.25, 0.3) is 5.91 Å². The van der Waals surface area contributed by atoms with Gasteiger partial charge in [-0.05, 0) is 26.0 Å². The summed E-state index contributed by atoms with van der Waals surface area (Å²) in [7, 11) is 0. The van der Waals surface area contributed by atoms with E-state index in [1.807, 2.05) is 67.6 Å². The summed E-state index contributed by atoms with van der Waals surface area (Å²) in [5.41, 5.74) is 2.68. The first-order valence-corrected chi connectivity index (χ1v) is 8.89. The summed E-state index contributed by atoms with van der Waals surface area (Å²) in [4.78, 5) is 24.8. The third kappa shape index (κ3) is 4.23. The number of para-hydroxylation sites is 1. The van der Waals surface area contributed by atoms with Crippen LogP contribution in [0.2, 0.25) is 0 Å². The van der Waals surface area contributed by atoms with E-state index in [0.29, 0.717) is 17.8 Å². The molecule has 0 aliphatic carbocycles. The molecule has 0 bridgehead atoms. The molecule has 0 unspecified atom stereocenters. The zero-order valence-corrected chi connectivity index (χ0v) is 15.3. The molecule has 0 radical (unpaired) electrons. The van der Waals surface area contributed by atoms with Gasteiger partial charge in [0.05, 0.1) is 11.3 Å². The smallest absolute Gasteiger partial charge is 0.255 e. The average Bonchev–Trinajstić information content (AvgIpc) is 3.15. The maximum atomic E-state index is 12.9. The molecule has 6 nitrogen and oxygen atoms in total. The van der Waals surface area contributed by atoms with E-state index in [1.54, 1.807) is 17.8 Å². The summed E-state index contributed by atoms with van der Waals surface area (Å²) < 4.78 is 1.67. The fourth-order valence-electron chi connectivity index (χ4n) is 2.73. The van der Waals surface area contributed by atoms with Gasteiger partial charge in [0.15, 0.2) is 0 Å². The Hall–Kier alpha value is -3.41. The molecule has 0 saturated carbocycles. The number of aromatic nitrogens is 2. The van der Waals surface area contributed by atoms with E-state index in [-0.39, 0.29) is 11.8 Å². The maximum absolute atomic E-state index is 12.9. The van der Waals surface area contributed by atoms with Gasteiger partial charge in [0.1, 0.15) is 11.7 Å². The predicted octanol–water partition coefficient (Wildman–Crippen LogP) is 2.79. The minimum absolute atomic E-state index is 0.220. The lowest BCUT2D eigenvalue weighted by Gasteiger charge is -2.13. The molecule has 0 saturated heterocycles. The molecule has 0 fully saturated rings. The zero-order valence-electron chi connectivity index (χ0n) is 15.3. The number of hydrogen-bond acceptors (Lipinski definition) is 3. The Balaban J connectivity index is 1.96. The lowest BCUT2D eigenvalue weighted by atomic mass is 10.1. The fourth-order valence-corrected chi connectivity index (χ4v) is 2.73. The third-order valence-electron chi connectivity index (χ3n) is 4.12. The van der Waals surface area contributed by atoms with Crippen molar-refractivity contribution in [3.05, 3.63) is 72.4 Å². The van der Waals surface area contributed by atoms with Crippen molar-refractivity contribution in [2.75, 3.05) is 6.54 Å². The Morgan fingerprint density at radius 3 is 2.30 bits per heavy atom. The van der Waals surface area contributed by atoms with Crippen molar-refractivity contribution in [3.8, 4) is 16.9 Å². The maximum Gasteiger partial charge on any atom is 0.255 e. The van der Waals surface area contributed by atoms with E-state index >= 15 is 0 Å². The minimum Gasteiger partial charge on any atom is -0.355 e. The van der Waals surface area contributed by atoms with Crippen LogP contribution in [-0.4, -0.2) is 34.2 Å². The first-order chi connectivity index (χ1) is 13.1. The highest BCUT2D eigenvalue weighted by Gasteiger charge is 2.22. The Morgan fingerprint density at radius 2 is 1.67 bits per heavy atom. The molecule has 3 aromatic rings. The summed E-state index contributed by atoms with van der Waals surface area (Å²) in [5.74, 6) is -0.558. The van der Waals surface area contributed by atoms with E-state index in [2.05, 4.69) is 15.7 Å². The second-order valence-electron chi connectivity index (χ2n) is 6.13. The second-order valence-corrected chi connectivity index (χ2v) is 6.13. The Kier molecular flexibility index (Phi) is 5.66. The lowest BCUT2D eigenvalue weighted by molar-refractivity contribution is -0.122. The van der Waals surface area contributed by atoms with E-state index in [0.717, 1.165) is 11.3 Å². The van der Waals surface area contributed by atoms with Gasteiger partial charge in [-0.15, -0.1) is 0 Å². The number of nitrogens with one attached hydrogen (secondary N) is 2. The number of benzene rings is 2. The van der Waals surface area contributed by atoms with Crippen LogP contribution in [0.4, 0.5) is 0 Å². The molecule has 1 atom stereocenters. The Bertz CT molecular complexity index is 920. The summed E-state index contributed by atoms with van der Waals surface area (Å²) in [6, 6.07) is 18.5. The van der Waals surface area contributed by atoms with Crippen molar-refractivity contribution in [2.45, 2.75) is 19.9 Å². The van der Waals surface area contributed by atoms with Gasteiger partial charge in [-0.2, -0.15) is 5.10 Å². The highest BCUT2D eigenvalue weighted by Crippen LogP contribution is 2.23. The molecule has 0 spiro atoms. The Labute approximate surface area is 158 Å². The highest BCUT2D eigenvalue weighted by atomic mass is 16.2. The molecule has 2 aromatic carbocycles. The van der Waals surface area contributed by atoms with Crippen molar-refractivity contribution in [2.24, 2.45) is 0 Å². The van der Waals surface area contributed by atoms with Gasteiger partial charge in [-0.3, -0.25) is 9.59 Å². The minimum atomic E-state index is -0.638. The molecule has 3 rings (SSSR count). The molecule has 2 N–H and O–H groups in total. The fraction of sp³-hybridized carbons (Fsp3) is 0.190. The number of hydrogen-bond donors (Lipinski definition) is 2. The molecule has 27 heavy (non-hydrogen) atoms. The van der Waals surface area contributed by atoms with Gasteiger partial charge in [-0.25, -0.2) is 4.68 Å². The average molecular weight is 362 g/mol. The van der Waals surface area contributed by atoms with Crippen molar-refractivity contribution in [1.29, 1.82) is 0 Å². The SMILES string of the molecule is CCNC(=O)[C@H](C)NC(=O)c1cn(-c2ccccc2)nc1-c1ccccc1. The Morgan fingerprint density at radius 1 is 1.04 bits per heavy atom. The standard InChI is InChI=1S/C21H22N4O2/c1-3-22-20(26)15(2)23-21(27)18-14-25(17-12-8-5-9-13-17)24-19(18)16-10-6-4-7-11-16/h4-15H,3H2,1-2H3,(H,22,26)(H,23,27)/t15-/m0/s1. The first kappa shape index (κ1) is 18.4. The molecular formula is C21H22N4O2. The topological polar surface area (TPSA) is 76.0 Å². The number of amides is 2. The van der Waals surface area contributed by atoms with Gasteiger partial charge in [0, 0.05) is 18.3 Å². The molecule has 6 heteroatoms. The van der Waals surface area contributed by atoms with Gasteiger partial charge < -0.3 is 10.6 Å². The lowest BCUT2D eigenvalue weighted by Crippen LogP contribution is -2.44. The summed E-state index contributed by atoms with van der Waals surface area (Å²) in [6.45, 7) is 4.01. The van der Waals surface area contributed by atoms with Crippen LogP contribution in [0.1, 0.15) is 24.2 Å². The van der Waals surface area contributed by atoms with Gasteiger partial charge in [0.2, 0.25) is 5.91 Å². The normalized spacial score (nSPS) is 11.6. The summed E-state index contributed by atoms with van der Waals surface area (Å²) in [5, 5.41) is 10.1. The second kappa shape index (κ2) is 8.31. The number of likely N-dealkylation sites (N-methyl/N-ethyl adjacent to an activating group) is 1. The quantitative estimate of drug-likeness (QED) is 0.708. The third-order valence-corrected chi connectivity index (χ3v) is 4.12. The largest absolute Gasteiger partial charge is 0.355 e. The van der Waals surface area contributed by atoms with Crippen molar-refractivity contribution >= 4 is 11.8 Å². The number of rotatable bonds is 6. The summed E-state index contributed by atoms with van der Waals surface area (Å²) in [6.07, 6.45) is 1.69.